The molecule has 0 atom stereocenters. The maximum atomic E-state index is 11.1. The van der Waals surface area contributed by atoms with Crippen molar-refractivity contribution in [2.45, 2.75) is 34.1 Å². The molecule has 0 aliphatic heterocycles. The van der Waals surface area contributed by atoms with Gasteiger partial charge in [-0.15, -0.1) is 0 Å². The van der Waals surface area contributed by atoms with Crippen molar-refractivity contribution < 1.29 is 9.90 Å². The minimum atomic E-state index is -0.940. The van der Waals surface area contributed by atoms with E-state index in [-0.39, 0.29) is 5.41 Å². The number of carboxylic acids is 1. The molecule has 0 heterocycles. The third kappa shape index (κ3) is 6.22. The molecule has 150 valence electrons. The molecule has 0 saturated carbocycles. The molecule has 28 heavy (non-hydrogen) atoms. The van der Waals surface area contributed by atoms with Crippen LogP contribution in [0, 0.1) is 5.41 Å². The van der Waals surface area contributed by atoms with E-state index >= 15 is 0 Å². The third-order valence-corrected chi connectivity index (χ3v) is 5.23. The van der Waals surface area contributed by atoms with Gasteiger partial charge in [-0.2, -0.15) is 0 Å². The van der Waals surface area contributed by atoms with Crippen LogP contribution in [0.15, 0.2) is 48.5 Å². The number of hydrogen-bond donors (Lipinski definition) is 1. The molecule has 0 unspecified atom stereocenters. The van der Waals surface area contributed by atoms with Crippen molar-refractivity contribution in [1.29, 1.82) is 0 Å². The highest BCUT2D eigenvalue weighted by Crippen LogP contribution is 2.34. The summed E-state index contributed by atoms with van der Waals surface area (Å²) in [4.78, 5) is 13.5. The summed E-state index contributed by atoms with van der Waals surface area (Å²) >= 11 is 6.07. The van der Waals surface area contributed by atoms with Gasteiger partial charge in [0.1, 0.15) is 0 Å². The lowest BCUT2D eigenvalue weighted by Gasteiger charge is -2.32. The fourth-order valence-electron chi connectivity index (χ4n) is 3.61. The molecule has 0 aliphatic rings. The summed E-state index contributed by atoms with van der Waals surface area (Å²) in [6, 6.07) is 13.9. The molecule has 0 aliphatic carbocycles. The average Bonchev–Trinajstić information content (AvgIpc) is 2.65. The van der Waals surface area contributed by atoms with Gasteiger partial charge in [-0.3, -0.25) is 0 Å². The molecule has 0 bridgehead atoms. The first-order chi connectivity index (χ1) is 13.3. The smallest absolute Gasteiger partial charge is 0.328 e. The number of aliphatic carboxylic acids is 1. The molecule has 2 aromatic carbocycles. The van der Waals surface area contributed by atoms with Crippen LogP contribution in [0.5, 0.6) is 0 Å². The zero-order valence-corrected chi connectivity index (χ0v) is 18.0. The largest absolute Gasteiger partial charge is 0.478 e. The van der Waals surface area contributed by atoms with E-state index in [1.54, 1.807) is 6.08 Å². The van der Waals surface area contributed by atoms with Crippen LogP contribution in [0.2, 0.25) is 5.02 Å². The van der Waals surface area contributed by atoms with Crippen molar-refractivity contribution >= 4 is 23.6 Å². The first-order valence-corrected chi connectivity index (χ1v) is 10.1. The number of benzene rings is 2. The molecule has 0 aromatic heterocycles. The Morgan fingerprint density at radius 2 is 1.75 bits per heavy atom. The number of carbonyl (C=O) groups is 1. The third-order valence-electron chi connectivity index (χ3n) is 4.97. The molecule has 0 spiro atoms. The molecule has 0 fully saturated rings. The molecule has 1 N–H and O–H groups in total. The fourth-order valence-corrected chi connectivity index (χ4v) is 3.73. The molecule has 0 saturated heterocycles. The van der Waals surface area contributed by atoms with Gasteiger partial charge in [0.15, 0.2) is 0 Å². The Bertz CT molecular complexity index is 821. The summed E-state index contributed by atoms with van der Waals surface area (Å²) in [5.41, 5.74) is 4.36. The van der Waals surface area contributed by atoms with E-state index in [2.05, 4.69) is 38.7 Å². The minimum absolute atomic E-state index is 0.0420. The highest BCUT2D eigenvalue weighted by atomic mass is 35.5. The highest BCUT2D eigenvalue weighted by molar-refractivity contribution is 6.30. The second-order valence-corrected chi connectivity index (χ2v) is 8.29. The Morgan fingerprint density at radius 3 is 2.32 bits per heavy atom. The molecule has 2 rings (SSSR count). The van der Waals surface area contributed by atoms with E-state index in [1.165, 1.54) is 11.6 Å². The number of carboxylic acid groups (broad SMARTS) is 1. The van der Waals surface area contributed by atoms with Crippen molar-refractivity contribution in [3.05, 3.63) is 64.7 Å². The van der Waals surface area contributed by atoms with Gasteiger partial charge in [0.05, 0.1) is 0 Å². The Kier molecular flexibility index (Phi) is 7.85. The van der Waals surface area contributed by atoms with E-state index in [4.69, 9.17) is 16.7 Å². The van der Waals surface area contributed by atoms with Gasteiger partial charge >= 0.3 is 5.97 Å². The normalized spacial score (nSPS) is 12.1. The number of halogens is 1. The van der Waals surface area contributed by atoms with Gasteiger partial charge in [-0.1, -0.05) is 69.6 Å². The second kappa shape index (κ2) is 9.90. The minimum Gasteiger partial charge on any atom is -0.478 e. The summed E-state index contributed by atoms with van der Waals surface area (Å²) < 4.78 is 0. The first kappa shape index (κ1) is 22.2. The predicted octanol–water partition coefficient (Wildman–Crippen LogP) is 6.02. The van der Waals surface area contributed by atoms with Crippen LogP contribution >= 0.6 is 11.6 Å². The fraction of sp³-hybridized carbons (Fsp3) is 0.375. The van der Waals surface area contributed by atoms with Crippen LogP contribution in [0.3, 0.4) is 0 Å². The van der Waals surface area contributed by atoms with Gasteiger partial charge < -0.3 is 10.0 Å². The van der Waals surface area contributed by atoms with Crippen molar-refractivity contribution in [3.63, 3.8) is 0 Å². The summed E-state index contributed by atoms with van der Waals surface area (Å²) in [7, 11) is 0. The molecule has 3 nitrogen and oxygen atoms in total. The zero-order chi connectivity index (χ0) is 20.7. The molecule has 0 amide bonds. The van der Waals surface area contributed by atoms with Gasteiger partial charge in [0.2, 0.25) is 0 Å². The lowest BCUT2D eigenvalue weighted by molar-refractivity contribution is -0.131. The summed E-state index contributed by atoms with van der Waals surface area (Å²) in [6.07, 6.45) is 3.76. The van der Waals surface area contributed by atoms with Crippen molar-refractivity contribution in [2.75, 3.05) is 19.6 Å². The SMILES string of the molecule is CCN(CC)CC(C)(C)Cc1c(/C=C/C(=O)O)cccc1-c1ccc(Cl)cc1. The standard InChI is InChI=1S/C24H30ClNO2/c1-5-26(6-2)17-24(3,4)16-22-18(12-15-23(27)28)8-7-9-21(22)19-10-13-20(25)14-11-19/h7-15H,5-6,16-17H2,1-4H3,(H,27,28)/b15-12+. The Morgan fingerprint density at radius 1 is 1.11 bits per heavy atom. The van der Waals surface area contributed by atoms with E-state index in [0.717, 1.165) is 42.7 Å². The molecule has 2 aromatic rings. The van der Waals surface area contributed by atoms with Crippen LogP contribution in [-0.2, 0) is 11.2 Å². The highest BCUT2D eigenvalue weighted by Gasteiger charge is 2.24. The van der Waals surface area contributed by atoms with E-state index in [1.807, 2.05) is 36.4 Å². The number of hydrogen-bond acceptors (Lipinski definition) is 2. The Labute approximate surface area is 173 Å². The summed E-state index contributed by atoms with van der Waals surface area (Å²) in [5.74, 6) is -0.940. The summed E-state index contributed by atoms with van der Waals surface area (Å²) in [5, 5.41) is 9.79. The average molecular weight is 400 g/mol. The van der Waals surface area contributed by atoms with Gasteiger partial charge in [-0.25, -0.2) is 4.79 Å². The second-order valence-electron chi connectivity index (χ2n) is 7.85. The molecular weight excluding hydrogens is 370 g/mol. The molecule has 4 heteroatoms. The maximum absolute atomic E-state index is 11.1. The predicted molar refractivity (Wildman–Crippen MR) is 119 cm³/mol. The summed E-state index contributed by atoms with van der Waals surface area (Å²) in [6.45, 7) is 11.9. The van der Waals surface area contributed by atoms with Gasteiger partial charge in [0, 0.05) is 17.6 Å². The quantitative estimate of drug-likeness (QED) is 0.524. The van der Waals surface area contributed by atoms with Crippen molar-refractivity contribution in [1.82, 2.24) is 4.90 Å². The van der Waals surface area contributed by atoms with Gasteiger partial charge in [0.25, 0.3) is 0 Å². The molecule has 0 radical (unpaired) electrons. The number of rotatable bonds is 9. The van der Waals surface area contributed by atoms with E-state index in [9.17, 15) is 4.79 Å². The van der Waals surface area contributed by atoms with Crippen LogP contribution < -0.4 is 0 Å². The lowest BCUT2D eigenvalue weighted by Crippen LogP contribution is -2.35. The van der Waals surface area contributed by atoms with Crippen LogP contribution in [0.1, 0.15) is 38.8 Å². The van der Waals surface area contributed by atoms with Crippen molar-refractivity contribution in [2.24, 2.45) is 5.41 Å². The lowest BCUT2D eigenvalue weighted by atomic mass is 9.80. The van der Waals surface area contributed by atoms with Gasteiger partial charge in [-0.05, 0) is 65.4 Å². The van der Waals surface area contributed by atoms with Crippen LogP contribution in [0.25, 0.3) is 17.2 Å². The Hall–Kier alpha value is -2.10. The van der Waals surface area contributed by atoms with Crippen LogP contribution in [0.4, 0.5) is 0 Å². The Balaban J connectivity index is 2.50. The van der Waals surface area contributed by atoms with Crippen LogP contribution in [-0.4, -0.2) is 35.6 Å². The number of nitrogens with zero attached hydrogens (tertiary/aromatic N) is 1. The van der Waals surface area contributed by atoms with E-state index < -0.39 is 5.97 Å². The topological polar surface area (TPSA) is 40.5 Å². The monoisotopic (exact) mass is 399 g/mol. The van der Waals surface area contributed by atoms with Crippen molar-refractivity contribution in [3.8, 4) is 11.1 Å². The first-order valence-electron chi connectivity index (χ1n) is 9.77. The molecular formula is C24H30ClNO2. The maximum Gasteiger partial charge on any atom is 0.328 e. The van der Waals surface area contributed by atoms with E-state index in [0.29, 0.717) is 5.02 Å². The zero-order valence-electron chi connectivity index (χ0n) is 17.2.